The second-order valence-corrected chi connectivity index (χ2v) is 7.64. The van der Waals surface area contributed by atoms with Crippen LogP contribution in [0.25, 0.3) is 11.0 Å². The lowest BCUT2D eigenvalue weighted by atomic mass is 10.3. The van der Waals surface area contributed by atoms with Gasteiger partial charge in [-0.25, -0.2) is 4.98 Å². The molecule has 0 fully saturated rings. The van der Waals surface area contributed by atoms with Crippen molar-refractivity contribution in [2.75, 3.05) is 13.7 Å². The number of ether oxygens (including phenoxy) is 3. The van der Waals surface area contributed by atoms with Gasteiger partial charge in [-0.2, -0.15) is 0 Å². The molecule has 0 radical (unpaired) electrons. The lowest BCUT2D eigenvalue weighted by Gasteiger charge is -2.17. The second kappa shape index (κ2) is 9.75. The van der Waals surface area contributed by atoms with E-state index in [1.165, 1.54) is 0 Å². The fourth-order valence-corrected chi connectivity index (χ4v) is 3.64. The number of fused-ring (bicyclic) bond motifs is 1. The summed E-state index contributed by atoms with van der Waals surface area (Å²) in [7, 11) is 1.65. The summed E-state index contributed by atoms with van der Waals surface area (Å²) in [5.74, 6) is 3.23. The Morgan fingerprint density at radius 1 is 0.935 bits per heavy atom. The van der Waals surface area contributed by atoms with Gasteiger partial charge in [0.25, 0.3) is 0 Å². The van der Waals surface area contributed by atoms with Gasteiger partial charge in [0.1, 0.15) is 17.2 Å². The summed E-state index contributed by atoms with van der Waals surface area (Å²) in [6.45, 7) is 3.37. The average molecular weight is 437 g/mol. The van der Waals surface area contributed by atoms with Crippen LogP contribution in [0.2, 0.25) is 5.02 Å². The second-order valence-electron chi connectivity index (χ2n) is 7.21. The fourth-order valence-electron chi connectivity index (χ4n) is 3.51. The predicted octanol–water partition coefficient (Wildman–Crippen LogP) is 6.31. The van der Waals surface area contributed by atoms with Gasteiger partial charge in [0.15, 0.2) is 11.9 Å². The first kappa shape index (κ1) is 21.1. The van der Waals surface area contributed by atoms with E-state index in [2.05, 4.69) is 10.6 Å². The molecule has 1 unspecified atom stereocenters. The largest absolute Gasteiger partial charge is 0.497 e. The maximum atomic E-state index is 6.14. The van der Waals surface area contributed by atoms with E-state index in [1.54, 1.807) is 7.11 Å². The van der Waals surface area contributed by atoms with Gasteiger partial charge in [-0.3, -0.25) is 0 Å². The molecule has 6 heteroatoms. The number of para-hydroxylation sites is 2. The van der Waals surface area contributed by atoms with Gasteiger partial charge in [0.05, 0.1) is 24.8 Å². The number of nitrogens with zero attached hydrogens (tertiary/aromatic N) is 2. The molecular formula is C25H25ClN2O3. The van der Waals surface area contributed by atoms with Crippen LogP contribution in [0.3, 0.4) is 0 Å². The molecule has 1 aromatic heterocycles. The SMILES string of the molecule is COc1cccc(OCCCn2c(C(C)Oc3ccc(Cl)cc3)nc3ccccc32)c1. The maximum Gasteiger partial charge on any atom is 0.153 e. The van der Waals surface area contributed by atoms with Crippen molar-refractivity contribution in [3.63, 3.8) is 0 Å². The Morgan fingerprint density at radius 3 is 2.52 bits per heavy atom. The highest BCUT2D eigenvalue weighted by Gasteiger charge is 2.18. The third-order valence-electron chi connectivity index (χ3n) is 5.01. The summed E-state index contributed by atoms with van der Waals surface area (Å²) in [5, 5.41) is 0.684. The third kappa shape index (κ3) is 5.12. The normalized spacial score (nSPS) is 12.0. The van der Waals surface area contributed by atoms with Crippen LogP contribution in [-0.2, 0) is 6.54 Å². The molecular weight excluding hydrogens is 412 g/mol. The number of benzene rings is 3. The molecule has 160 valence electrons. The lowest BCUT2D eigenvalue weighted by Crippen LogP contribution is -2.13. The standard InChI is InChI=1S/C25H25ClN2O3/c1-18(31-20-13-11-19(26)12-14-20)25-27-23-9-3-4-10-24(23)28(25)15-6-16-30-22-8-5-7-21(17-22)29-2/h3-5,7-14,17-18H,6,15-16H2,1-2H3. The molecule has 0 aliphatic carbocycles. The minimum Gasteiger partial charge on any atom is -0.497 e. The molecule has 31 heavy (non-hydrogen) atoms. The van der Waals surface area contributed by atoms with Crippen molar-refractivity contribution >= 4 is 22.6 Å². The molecule has 0 N–H and O–H groups in total. The molecule has 4 rings (SSSR count). The van der Waals surface area contributed by atoms with Crippen LogP contribution in [0.15, 0.2) is 72.8 Å². The van der Waals surface area contributed by atoms with Crippen molar-refractivity contribution in [1.29, 1.82) is 0 Å². The number of methoxy groups -OCH3 is 1. The predicted molar refractivity (Wildman–Crippen MR) is 123 cm³/mol. The summed E-state index contributed by atoms with van der Waals surface area (Å²) in [4.78, 5) is 4.84. The topological polar surface area (TPSA) is 45.5 Å². The molecule has 3 aromatic carbocycles. The Balaban J connectivity index is 1.47. The van der Waals surface area contributed by atoms with E-state index in [1.807, 2.05) is 73.7 Å². The fraction of sp³-hybridized carbons (Fsp3) is 0.240. The van der Waals surface area contributed by atoms with Crippen molar-refractivity contribution in [2.24, 2.45) is 0 Å². The van der Waals surface area contributed by atoms with Crippen LogP contribution in [0.5, 0.6) is 17.2 Å². The maximum absolute atomic E-state index is 6.14. The first-order chi connectivity index (χ1) is 15.1. The molecule has 0 aliphatic heterocycles. The molecule has 0 saturated carbocycles. The molecule has 0 aliphatic rings. The molecule has 0 saturated heterocycles. The Morgan fingerprint density at radius 2 is 1.71 bits per heavy atom. The van der Waals surface area contributed by atoms with Crippen LogP contribution in [-0.4, -0.2) is 23.3 Å². The Labute approximate surface area is 187 Å². The van der Waals surface area contributed by atoms with E-state index in [4.69, 9.17) is 30.8 Å². The summed E-state index contributed by atoms with van der Waals surface area (Å²) in [6, 6.07) is 23.2. The first-order valence-corrected chi connectivity index (χ1v) is 10.7. The van der Waals surface area contributed by atoms with Crippen LogP contribution < -0.4 is 14.2 Å². The molecule has 5 nitrogen and oxygen atoms in total. The minimum atomic E-state index is -0.215. The number of imidazole rings is 1. The zero-order chi connectivity index (χ0) is 21.6. The minimum absolute atomic E-state index is 0.215. The number of rotatable bonds is 9. The van der Waals surface area contributed by atoms with E-state index in [-0.39, 0.29) is 6.10 Å². The molecule has 1 atom stereocenters. The number of hydrogen-bond donors (Lipinski definition) is 0. The Kier molecular flexibility index (Phi) is 6.63. The summed E-state index contributed by atoms with van der Waals surface area (Å²) < 4.78 is 19.5. The summed E-state index contributed by atoms with van der Waals surface area (Å²) >= 11 is 5.99. The van der Waals surface area contributed by atoms with Crippen molar-refractivity contribution in [2.45, 2.75) is 26.0 Å². The van der Waals surface area contributed by atoms with Gasteiger partial charge in [-0.15, -0.1) is 0 Å². The van der Waals surface area contributed by atoms with Gasteiger partial charge in [0.2, 0.25) is 0 Å². The van der Waals surface area contributed by atoms with E-state index in [0.717, 1.165) is 47.1 Å². The number of halogens is 1. The van der Waals surface area contributed by atoms with E-state index in [9.17, 15) is 0 Å². The highest BCUT2D eigenvalue weighted by Crippen LogP contribution is 2.26. The average Bonchev–Trinajstić information content (AvgIpc) is 3.17. The zero-order valence-corrected chi connectivity index (χ0v) is 18.4. The van der Waals surface area contributed by atoms with Crippen LogP contribution in [0, 0.1) is 0 Å². The first-order valence-electron chi connectivity index (χ1n) is 10.3. The Bertz CT molecular complexity index is 1140. The van der Waals surface area contributed by atoms with E-state index in [0.29, 0.717) is 11.6 Å². The highest BCUT2D eigenvalue weighted by atomic mass is 35.5. The molecule has 4 aromatic rings. The van der Waals surface area contributed by atoms with Gasteiger partial charge in [-0.1, -0.05) is 29.8 Å². The number of aromatic nitrogens is 2. The van der Waals surface area contributed by atoms with Crippen LogP contribution >= 0.6 is 11.6 Å². The molecule has 0 amide bonds. The van der Waals surface area contributed by atoms with Gasteiger partial charge in [0, 0.05) is 17.6 Å². The zero-order valence-electron chi connectivity index (χ0n) is 17.6. The van der Waals surface area contributed by atoms with E-state index >= 15 is 0 Å². The van der Waals surface area contributed by atoms with Crippen molar-refractivity contribution in [3.05, 3.63) is 83.6 Å². The smallest absolute Gasteiger partial charge is 0.153 e. The summed E-state index contributed by atoms with van der Waals surface area (Å²) in [5.41, 5.74) is 2.04. The van der Waals surface area contributed by atoms with Crippen LogP contribution in [0.1, 0.15) is 25.3 Å². The van der Waals surface area contributed by atoms with Crippen LogP contribution in [0.4, 0.5) is 0 Å². The van der Waals surface area contributed by atoms with Gasteiger partial charge >= 0.3 is 0 Å². The monoisotopic (exact) mass is 436 g/mol. The van der Waals surface area contributed by atoms with Crippen molar-refractivity contribution in [3.8, 4) is 17.2 Å². The highest BCUT2D eigenvalue weighted by molar-refractivity contribution is 6.30. The number of aryl methyl sites for hydroxylation is 1. The van der Waals surface area contributed by atoms with Gasteiger partial charge in [-0.05, 0) is 61.9 Å². The summed E-state index contributed by atoms with van der Waals surface area (Å²) in [6.07, 6.45) is 0.617. The van der Waals surface area contributed by atoms with Gasteiger partial charge < -0.3 is 18.8 Å². The lowest BCUT2D eigenvalue weighted by molar-refractivity contribution is 0.210. The van der Waals surface area contributed by atoms with Crippen molar-refractivity contribution < 1.29 is 14.2 Å². The van der Waals surface area contributed by atoms with E-state index < -0.39 is 0 Å². The molecule has 1 heterocycles. The molecule has 0 spiro atoms. The number of hydrogen-bond acceptors (Lipinski definition) is 4. The Hall–Kier alpha value is -3.18. The third-order valence-corrected chi connectivity index (χ3v) is 5.26. The van der Waals surface area contributed by atoms with Crippen molar-refractivity contribution in [1.82, 2.24) is 9.55 Å². The molecule has 0 bridgehead atoms. The quantitative estimate of drug-likeness (QED) is 0.288.